The van der Waals surface area contributed by atoms with Crippen molar-refractivity contribution in [2.75, 3.05) is 24.5 Å². The summed E-state index contributed by atoms with van der Waals surface area (Å²) < 4.78 is 8.97. The van der Waals surface area contributed by atoms with Gasteiger partial charge in [0, 0.05) is 31.4 Å². The van der Waals surface area contributed by atoms with Gasteiger partial charge < -0.3 is 19.6 Å². The summed E-state index contributed by atoms with van der Waals surface area (Å²) in [5.74, 6) is 0.695. The number of ether oxygens (including phenoxy) is 1. The van der Waals surface area contributed by atoms with Gasteiger partial charge in [0.05, 0.1) is 36.3 Å². The fraction of sp³-hybridized carbons (Fsp3) is 0.550. The van der Waals surface area contributed by atoms with Crippen LogP contribution in [0.15, 0.2) is 24.9 Å². The third-order valence-electron chi connectivity index (χ3n) is 5.73. The van der Waals surface area contributed by atoms with Crippen molar-refractivity contribution < 1.29 is 14.6 Å². The summed E-state index contributed by atoms with van der Waals surface area (Å²) in [5, 5.41) is 18.7. The highest BCUT2D eigenvalue weighted by Gasteiger charge is 2.37. The Morgan fingerprint density at radius 1 is 1.19 bits per heavy atom. The van der Waals surface area contributed by atoms with E-state index < -0.39 is 5.60 Å². The second-order valence-corrected chi connectivity index (χ2v) is 9.19. The number of aliphatic hydroxyl groups is 1. The topological polar surface area (TPSA) is 114 Å². The molecule has 1 amide bonds. The molecule has 11 nitrogen and oxygen atoms in total. The summed E-state index contributed by atoms with van der Waals surface area (Å²) in [6.07, 6.45) is 6.34. The number of rotatable bonds is 3. The molecule has 2 fully saturated rings. The van der Waals surface area contributed by atoms with Gasteiger partial charge in [0.25, 0.3) is 0 Å². The number of anilines is 1. The second-order valence-electron chi connectivity index (χ2n) is 9.19. The second kappa shape index (κ2) is 6.91. The van der Waals surface area contributed by atoms with Gasteiger partial charge in [-0.25, -0.2) is 19.3 Å². The number of likely N-dealkylation sites (tertiary alicyclic amines) is 1. The van der Waals surface area contributed by atoms with E-state index >= 15 is 0 Å². The summed E-state index contributed by atoms with van der Waals surface area (Å²) in [6, 6.07) is 0.0705. The summed E-state index contributed by atoms with van der Waals surface area (Å²) in [4.78, 5) is 25.0. The number of β-amino-alcohol motifs (C(OH)–C–C–N with tert-alkyl or cyclic N) is 1. The Kier molecular flexibility index (Phi) is 4.40. The van der Waals surface area contributed by atoms with Crippen LogP contribution < -0.4 is 4.90 Å². The minimum Gasteiger partial charge on any atom is -0.444 e. The molecule has 3 aromatic heterocycles. The lowest BCUT2D eigenvalue weighted by molar-refractivity contribution is -0.000384. The van der Waals surface area contributed by atoms with Gasteiger partial charge in [-0.15, -0.1) is 0 Å². The van der Waals surface area contributed by atoms with Gasteiger partial charge in [-0.3, -0.25) is 4.68 Å². The predicted molar refractivity (Wildman–Crippen MR) is 112 cm³/mol. The first-order valence-electron chi connectivity index (χ1n) is 10.4. The van der Waals surface area contributed by atoms with Gasteiger partial charge in [0.1, 0.15) is 11.9 Å². The molecule has 2 aliphatic heterocycles. The van der Waals surface area contributed by atoms with Crippen molar-refractivity contribution in [1.29, 1.82) is 0 Å². The monoisotopic (exact) mass is 426 g/mol. The highest BCUT2D eigenvalue weighted by atomic mass is 16.6. The molecular formula is C20H26N8O3. The Labute approximate surface area is 179 Å². The zero-order chi connectivity index (χ0) is 21.9. The van der Waals surface area contributed by atoms with Crippen molar-refractivity contribution >= 4 is 17.6 Å². The van der Waals surface area contributed by atoms with Crippen LogP contribution in [0.1, 0.15) is 33.7 Å². The van der Waals surface area contributed by atoms with Gasteiger partial charge in [0.15, 0.2) is 11.5 Å². The summed E-state index contributed by atoms with van der Waals surface area (Å²) in [6.45, 7) is 9.16. The molecule has 0 saturated carbocycles. The van der Waals surface area contributed by atoms with Crippen molar-refractivity contribution in [2.45, 2.75) is 51.5 Å². The van der Waals surface area contributed by atoms with Crippen molar-refractivity contribution in [2.24, 2.45) is 0 Å². The number of hydrogen-bond donors (Lipinski definition) is 1. The third kappa shape index (κ3) is 3.48. The maximum absolute atomic E-state index is 12.2. The van der Waals surface area contributed by atoms with Crippen LogP contribution in [0.25, 0.3) is 16.9 Å². The van der Waals surface area contributed by atoms with E-state index in [0.29, 0.717) is 31.1 Å². The normalized spacial score (nSPS) is 21.8. The summed E-state index contributed by atoms with van der Waals surface area (Å²) >= 11 is 0. The largest absolute Gasteiger partial charge is 0.444 e. The molecule has 2 saturated heterocycles. The van der Waals surface area contributed by atoms with Crippen LogP contribution >= 0.6 is 0 Å². The fourth-order valence-corrected chi connectivity index (χ4v) is 3.78. The molecule has 164 valence electrons. The quantitative estimate of drug-likeness (QED) is 0.668. The standard InChI is InChI=1S/C20H26N8O3/c1-12-16(29)10-26(12)18-17-21-11-23-28(17)9-15(24-18)13-5-22-27(6-13)14-7-25(8-14)19(30)31-20(2,3)4/h5-6,9,11-12,14,16,29H,7-8,10H2,1-4H3/t12-,16+/m0/s1. The molecule has 31 heavy (non-hydrogen) atoms. The van der Waals surface area contributed by atoms with Gasteiger partial charge in [-0.05, 0) is 27.7 Å². The fourth-order valence-electron chi connectivity index (χ4n) is 3.78. The maximum atomic E-state index is 12.2. The van der Waals surface area contributed by atoms with Gasteiger partial charge >= 0.3 is 6.09 Å². The third-order valence-corrected chi connectivity index (χ3v) is 5.73. The SMILES string of the molecule is C[C@H]1[C@H](O)CN1c1nc(-c2cnn(C3CN(C(=O)OC(C)(C)C)C3)c2)cn2ncnc12. The molecule has 0 aromatic carbocycles. The maximum Gasteiger partial charge on any atom is 0.410 e. The minimum atomic E-state index is -0.506. The number of hydrogen-bond acceptors (Lipinski definition) is 8. The number of carbonyl (C=O) groups excluding carboxylic acids is 1. The number of carbonyl (C=O) groups is 1. The van der Waals surface area contributed by atoms with E-state index in [1.807, 2.05) is 49.7 Å². The highest BCUT2D eigenvalue weighted by molar-refractivity contribution is 5.71. The lowest BCUT2D eigenvalue weighted by Crippen LogP contribution is -2.59. The number of fused-ring (bicyclic) bond motifs is 1. The zero-order valence-corrected chi connectivity index (χ0v) is 18.0. The first kappa shape index (κ1) is 19.7. The highest BCUT2D eigenvalue weighted by Crippen LogP contribution is 2.31. The van der Waals surface area contributed by atoms with E-state index in [2.05, 4.69) is 15.2 Å². The lowest BCUT2D eigenvalue weighted by Gasteiger charge is -2.44. The Morgan fingerprint density at radius 3 is 2.65 bits per heavy atom. The number of aliphatic hydroxyl groups excluding tert-OH is 1. The smallest absolute Gasteiger partial charge is 0.410 e. The Bertz CT molecular complexity index is 1130. The molecule has 0 spiro atoms. The van der Waals surface area contributed by atoms with Crippen LogP contribution in [-0.4, -0.2) is 82.8 Å². The molecule has 5 heterocycles. The minimum absolute atomic E-state index is 0.0280. The molecule has 0 aliphatic carbocycles. The molecule has 3 aromatic rings. The number of aromatic nitrogens is 6. The molecular weight excluding hydrogens is 400 g/mol. The van der Waals surface area contributed by atoms with E-state index in [0.717, 1.165) is 11.3 Å². The van der Waals surface area contributed by atoms with Crippen LogP contribution in [0.4, 0.5) is 10.6 Å². The molecule has 2 atom stereocenters. The molecule has 1 N–H and O–H groups in total. The van der Waals surface area contributed by atoms with Crippen molar-refractivity contribution in [3.8, 4) is 11.3 Å². The average molecular weight is 426 g/mol. The number of nitrogens with zero attached hydrogens (tertiary/aromatic N) is 8. The molecule has 2 aliphatic rings. The Morgan fingerprint density at radius 2 is 1.97 bits per heavy atom. The molecule has 0 radical (unpaired) electrons. The number of amides is 1. The average Bonchev–Trinajstić information content (AvgIpc) is 3.32. The van der Waals surface area contributed by atoms with Crippen LogP contribution in [-0.2, 0) is 4.74 Å². The van der Waals surface area contributed by atoms with Gasteiger partial charge in [-0.1, -0.05) is 0 Å². The van der Waals surface area contributed by atoms with Crippen molar-refractivity contribution in [1.82, 2.24) is 34.3 Å². The predicted octanol–water partition coefficient (Wildman–Crippen LogP) is 1.35. The first-order chi connectivity index (χ1) is 14.7. The van der Waals surface area contributed by atoms with Gasteiger partial charge in [0.2, 0.25) is 0 Å². The van der Waals surface area contributed by atoms with E-state index in [1.165, 1.54) is 6.33 Å². The Balaban J connectivity index is 1.34. The van der Waals surface area contributed by atoms with Crippen molar-refractivity contribution in [3.63, 3.8) is 0 Å². The van der Waals surface area contributed by atoms with E-state index in [-0.39, 0.29) is 24.3 Å². The van der Waals surface area contributed by atoms with Gasteiger partial charge in [-0.2, -0.15) is 10.2 Å². The van der Waals surface area contributed by atoms with Crippen molar-refractivity contribution in [3.05, 3.63) is 24.9 Å². The lowest BCUT2D eigenvalue weighted by atomic mass is 10.0. The molecule has 5 rings (SSSR count). The molecule has 0 bridgehead atoms. The van der Waals surface area contributed by atoms with E-state index in [9.17, 15) is 9.90 Å². The van der Waals surface area contributed by atoms with Crippen LogP contribution in [0, 0.1) is 0 Å². The first-order valence-corrected chi connectivity index (χ1v) is 10.4. The zero-order valence-electron chi connectivity index (χ0n) is 18.0. The summed E-state index contributed by atoms with van der Waals surface area (Å²) in [7, 11) is 0. The molecule has 11 heteroatoms. The van der Waals surface area contributed by atoms with Crippen LogP contribution in [0.5, 0.6) is 0 Å². The molecule has 0 unspecified atom stereocenters. The van der Waals surface area contributed by atoms with Crippen LogP contribution in [0.2, 0.25) is 0 Å². The van der Waals surface area contributed by atoms with Crippen LogP contribution in [0.3, 0.4) is 0 Å². The summed E-state index contributed by atoms with van der Waals surface area (Å²) in [5.41, 5.74) is 1.72. The van der Waals surface area contributed by atoms with E-state index in [1.54, 1.807) is 15.6 Å². The Hall–Kier alpha value is -3.21. The van der Waals surface area contributed by atoms with E-state index in [4.69, 9.17) is 9.72 Å².